The monoisotopic (exact) mass is 543 g/mol. The molecule has 0 aliphatic rings. The SMILES string of the molecule is O=C(O)c1ccc(CNC(=O)c2cc(-c3ccccc3)cc3ncc(C(=O)c4ccc5cc(F)ccc5c4)n23)cc1. The van der Waals surface area contributed by atoms with Crippen LogP contribution in [0.1, 0.15) is 42.5 Å². The summed E-state index contributed by atoms with van der Waals surface area (Å²) in [5.41, 5.74) is 3.73. The molecule has 0 aliphatic heterocycles. The number of aromatic carboxylic acids is 1. The maximum atomic E-state index is 13.7. The van der Waals surface area contributed by atoms with Crippen LogP contribution >= 0.6 is 0 Å². The Kier molecular flexibility index (Phi) is 6.57. The van der Waals surface area contributed by atoms with Gasteiger partial charge in [-0.3, -0.25) is 14.0 Å². The predicted molar refractivity (Wildman–Crippen MR) is 153 cm³/mol. The van der Waals surface area contributed by atoms with Gasteiger partial charge < -0.3 is 10.4 Å². The number of amides is 1. The largest absolute Gasteiger partial charge is 0.478 e. The van der Waals surface area contributed by atoms with Crippen molar-refractivity contribution in [3.05, 3.63) is 143 Å². The number of nitrogens with zero attached hydrogens (tertiary/aromatic N) is 2. The Balaban J connectivity index is 1.40. The summed E-state index contributed by atoms with van der Waals surface area (Å²) in [4.78, 5) is 42.9. The van der Waals surface area contributed by atoms with Gasteiger partial charge in [-0.05, 0) is 69.9 Å². The summed E-state index contributed by atoms with van der Waals surface area (Å²) in [6.07, 6.45) is 1.45. The second kappa shape index (κ2) is 10.5. The summed E-state index contributed by atoms with van der Waals surface area (Å²) in [5, 5.41) is 13.4. The molecule has 200 valence electrons. The van der Waals surface area contributed by atoms with Gasteiger partial charge in [0.1, 0.15) is 22.9 Å². The van der Waals surface area contributed by atoms with Gasteiger partial charge in [0.05, 0.1) is 11.8 Å². The number of imidazole rings is 1. The van der Waals surface area contributed by atoms with Crippen LogP contribution in [-0.4, -0.2) is 32.2 Å². The fourth-order valence-electron chi connectivity index (χ4n) is 4.78. The van der Waals surface area contributed by atoms with Crippen molar-refractivity contribution >= 4 is 34.1 Å². The van der Waals surface area contributed by atoms with Crippen LogP contribution in [0.2, 0.25) is 0 Å². The summed E-state index contributed by atoms with van der Waals surface area (Å²) in [6.45, 7) is 0.148. The number of ketones is 1. The first-order valence-electron chi connectivity index (χ1n) is 12.8. The number of hydrogen-bond donors (Lipinski definition) is 2. The number of carbonyl (C=O) groups is 3. The lowest BCUT2D eigenvalue weighted by Gasteiger charge is -2.13. The molecule has 0 unspecified atom stereocenters. The van der Waals surface area contributed by atoms with Gasteiger partial charge >= 0.3 is 5.97 Å². The van der Waals surface area contributed by atoms with E-state index in [1.807, 2.05) is 36.4 Å². The molecule has 2 aromatic heterocycles. The lowest BCUT2D eigenvalue weighted by molar-refractivity contribution is 0.0696. The van der Waals surface area contributed by atoms with Crippen molar-refractivity contribution in [1.29, 1.82) is 0 Å². The minimum atomic E-state index is -1.03. The third-order valence-corrected chi connectivity index (χ3v) is 6.90. The Morgan fingerprint density at radius 2 is 1.46 bits per heavy atom. The van der Waals surface area contributed by atoms with Crippen LogP contribution in [-0.2, 0) is 6.54 Å². The maximum Gasteiger partial charge on any atom is 0.335 e. The summed E-state index contributed by atoms with van der Waals surface area (Å²) in [5.74, 6) is -2.16. The first-order chi connectivity index (χ1) is 19.9. The zero-order valence-electron chi connectivity index (χ0n) is 21.5. The van der Waals surface area contributed by atoms with E-state index in [2.05, 4.69) is 10.3 Å². The fourth-order valence-corrected chi connectivity index (χ4v) is 4.78. The van der Waals surface area contributed by atoms with E-state index < -0.39 is 11.9 Å². The highest BCUT2D eigenvalue weighted by Gasteiger charge is 2.21. The van der Waals surface area contributed by atoms with Gasteiger partial charge in [0.25, 0.3) is 5.91 Å². The highest BCUT2D eigenvalue weighted by Crippen LogP contribution is 2.26. The quantitative estimate of drug-likeness (QED) is 0.235. The van der Waals surface area contributed by atoms with E-state index in [-0.39, 0.29) is 35.1 Å². The molecule has 0 bridgehead atoms. The Morgan fingerprint density at radius 1 is 0.756 bits per heavy atom. The lowest BCUT2D eigenvalue weighted by atomic mass is 10.0. The number of carbonyl (C=O) groups excluding carboxylic acids is 2. The number of rotatable bonds is 7. The van der Waals surface area contributed by atoms with Gasteiger partial charge in [0.2, 0.25) is 5.78 Å². The molecule has 7 nitrogen and oxygen atoms in total. The summed E-state index contributed by atoms with van der Waals surface area (Å²) < 4.78 is 15.2. The summed E-state index contributed by atoms with van der Waals surface area (Å²) >= 11 is 0. The molecule has 0 atom stereocenters. The Bertz CT molecular complexity index is 1960. The molecular formula is C33H22FN3O4. The third kappa shape index (κ3) is 5.06. The summed E-state index contributed by atoms with van der Waals surface area (Å²) in [7, 11) is 0. The Hall–Kier alpha value is -5.63. The van der Waals surface area contributed by atoms with Crippen molar-refractivity contribution in [3.63, 3.8) is 0 Å². The molecule has 2 N–H and O–H groups in total. The van der Waals surface area contributed by atoms with E-state index in [4.69, 9.17) is 5.11 Å². The van der Waals surface area contributed by atoms with E-state index in [1.54, 1.807) is 42.5 Å². The fraction of sp³-hybridized carbons (Fsp3) is 0.0303. The average Bonchev–Trinajstić information content (AvgIpc) is 3.43. The van der Waals surface area contributed by atoms with Crippen molar-refractivity contribution in [2.45, 2.75) is 6.54 Å². The first-order valence-corrected chi connectivity index (χ1v) is 12.8. The molecule has 0 fully saturated rings. The van der Waals surface area contributed by atoms with Crippen LogP contribution in [0, 0.1) is 5.82 Å². The van der Waals surface area contributed by atoms with Crippen LogP contribution in [0.5, 0.6) is 0 Å². The number of carboxylic acid groups (broad SMARTS) is 1. The van der Waals surface area contributed by atoms with Crippen molar-refractivity contribution in [2.24, 2.45) is 0 Å². The van der Waals surface area contributed by atoms with Gasteiger partial charge in [0, 0.05) is 12.1 Å². The molecular weight excluding hydrogens is 521 g/mol. The maximum absolute atomic E-state index is 13.7. The highest BCUT2D eigenvalue weighted by molar-refractivity contribution is 6.11. The standard InChI is InChI=1S/C33H22FN3O4/c34-27-13-12-23-14-25(11-10-24(23)15-27)31(38)29-19-35-30-17-26(21-4-2-1-3-5-21)16-28(37(29)30)32(39)36-18-20-6-8-22(9-7-20)33(40)41/h1-17,19H,18H2,(H,36,39)(H,40,41). The topological polar surface area (TPSA) is 101 Å². The van der Waals surface area contributed by atoms with E-state index in [1.165, 1.54) is 34.9 Å². The number of nitrogens with one attached hydrogen (secondary N) is 1. The normalized spacial score (nSPS) is 11.0. The highest BCUT2D eigenvalue weighted by atomic mass is 19.1. The van der Waals surface area contributed by atoms with Crippen LogP contribution in [0.15, 0.2) is 109 Å². The molecule has 6 rings (SSSR count). The van der Waals surface area contributed by atoms with Gasteiger partial charge in [-0.15, -0.1) is 0 Å². The average molecular weight is 544 g/mol. The van der Waals surface area contributed by atoms with Gasteiger partial charge in [0.15, 0.2) is 0 Å². The molecule has 8 heteroatoms. The molecule has 6 aromatic rings. The van der Waals surface area contributed by atoms with Crippen LogP contribution in [0.4, 0.5) is 4.39 Å². The molecule has 0 aliphatic carbocycles. The van der Waals surface area contributed by atoms with Gasteiger partial charge in [-0.1, -0.05) is 60.7 Å². The van der Waals surface area contributed by atoms with Gasteiger partial charge in [-0.2, -0.15) is 0 Å². The first kappa shape index (κ1) is 25.6. The number of pyridine rings is 1. The second-order valence-corrected chi connectivity index (χ2v) is 9.55. The number of hydrogen-bond acceptors (Lipinski definition) is 4. The number of halogens is 1. The Labute approximate surface area is 233 Å². The van der Waals surface area contributed by atoms with E-state index in [9.17, 15) is 18.8 Å². The van der Waals surface area contributed by atoms with E-state index >= 15 is 0 Å². The van der Waals surface area contributed by atoms with E-state index in [0.29, 0.717) is 27.5 Å². The van der Waals surface area contributed by atoms with Crippen LogP contribution in [0.3, 0.4) is 0 Å². The minimum Gasteiger partial charge on any atom is -0.478 e. The molecule has 1 amide bonds. The van der Waals surface area contributed by atoms with Crippen molar-refractivity contribution in [2.75, 3.05) is 0 Å². The molecule has 4 aromatic carbocycles. The summed E-state index contributed by atoms with van der Waals surface area (Å²) in [6, 6.07) is 28.6. The van der Waals surface area contributed by atoms with Crippen LogP contribution in [0.25, 0.3) is 27.5 Å². The number of aromatic nitrogens is 2. The number of fused-ring (bicyclic) bond motifs is 2. The third-order valence-electron chi connectivity index (χ3n) is 6.90. The molecule has 0 radical (unpaired) electrons. The molecule has 41 heavy (non-hydrogen) atoms. The zero-order valence-corrected chi connectivity index (χ0v) is 21.5. The smallest absolute Gasteiger partial charge is 0.335 e. The van der Waals surface area contributed by atoms with Crippen LogP contribution < -0.4 is 5.32 Å². The van der Waals surface area contributed by atoms with E-state index in [0.717, 1.165) is 11.1 Å². The molecule has 2 heterocycles. The zero-order chi connectivity index (χ0) is 28.5. The second-order valence-electron chi connectivity index (χ2n) is 9.55. The lowest BCUT2D eigenvalue weighted by Crippen LogP contribution is -2.26. The predicted octanol–water partition coefficient (Wildman–Crippen LogP) is 6.15. The number of carboxylic acids is 1. The molecule has 0 spiro atoms. The molecule has 0 saturated carbocycles. The van der Waals surface area contributed by atoms with Crippen molar-refractivity contribution in [3.8, 4) is 11.1 Å². The van der Waals surface area contributed by atoms with Crippen molar-refractivity contribution < 1.29 is 23.9 Å². The minimum absolute atomic E-state index is 0.148. The van der Waals surface area contributed by atoms with Gasteiger partial charge in [-0.25, -0.2) is 14.2 Å². The number of benzene rings is 4. The van der Waals surface area contributed by atoms with Crippen molar-refractivity contribution in [1.82, 2.24) is 14.7 Å². The molecule has 0 saturated heterocycles. The Morgan fingerprint density at radius 3 is 2.22 bits per heavy atom.